The van der Waals surface area contributed by atoms with Gasteiger partial charge in [-0.3, -0.25) is 0 Å². The molecule has 1 rings (SSSR count). The van der Waals surface area contributed by atoms with Gasteiger partial charge in [0.25, 0.3) is 0 Å². The van der Waals surface area contributed by atoms with E-state index in [1.165, 1.54) is 6.42 Å². The maximum absolute atomic E-state index is 5.74. The van der Waals surface area contributed by atoms with Crippen LogP contribution >= 0.6 is 27.5 Å². The first kappa shape index (κ1) is 13.7. The van der Waals surface area contributed by atoms with Gasteiger partial charge in [-0.2, -0.15) is 4.98 Å². The minimum absolute atomic E-state index is 0.266. The predicted octanol–water partition coefficient (Wildman–Crippen LogP) is 4.13. The highest BCUT2D eigenvalue weighted by atomic mass is 79.9. The third-order valence-corrected chi connectivity index (χ3v) is 3.04. The molecule has 1 heterocycles. The molecule has 1 aromatic heterocycles. The summed E-state index contributed by atoms with van der Waals surface area (Å²) in [5.74, 6) is 1.48. The number of aromatic nitrogens is 2. The summed E-state index contributed by atoms with van der Waals surface area (Å²) in [5.41, 5.74) is 0. The molecule has 0 aliphatic heterocycles. The Bertz CT molecular complexity index is 344. The highest BCUT2D eigenvalue weighted by Gasteiger charge is 2.08. The van der Waals surface area contributed by atoms with Gasteiger partial charge in [0.15, 0.2) is 0 Å². The monoisotopic (exact) mass is 305 g/mol. The van der Waals surface area contributed by atoms with E-state index in [9.17, 15) is 0 Å². The van der Waals surface area contributed by atoms with Crippen molar-refractivity contribution in [3.8, 4) is 0 Å². The molecule has 0 aliphatic carbocycles. The summed E-state index contributed by atoms with van der Waals surface area (Å²) in [4.78, 5) is 8.02. The van der Waals surface area contributed by atoms with Crippen molar-refractivity contribution in [2.45, 2.75) is 39.7 Å². The molecule has 0 fully saturated rings. The number of nitrogens with zero attached hydrogens (tertiary/aromatic N) is 2. The van der Waals surface area contributed by atoms with Crippen molar-refractivity contribution in [3.63, 3.8) is 0 Å². The number of nitrogens with one attached hydrogen (secondary N) is 1. The van der Waals surface area contributed by atoms with Gasteiger partial charge in [0.2, 0.25) is 5.28 Å². The van der Waals surface area contributed by atoms with Crippen LogP contribution in [0.4, 0.5) is 5.82 Å². The molecule has 0 aliphatic rings. The van der Waals surface area contributed by atoms with Crippen molar-refractivity contribution < 1.29 is 0 Å². The summed E-state index contributed by atoms with van der Waals surface area (Å²) in [6, 6.07) is 0.379. The lowest BCUT2D eigenvalue weighted by molar-refractivity contribution is 0.527. The van der Waals surface area contributed by atoms with E-state index in [0.29, 0.717) is 6.04 Å². The summed E-state index contributed by atoms with van der Waals surface area (Å²) in [5, 5.41) is 3.59. The molecule has 0 saturated carbocycles. The second kappa shape index (κ2) is 6.40. The van der Waals surface area contributed by atoms with Crippen molar-refractivity contribution in [1.29, 1.82) is 0 Å². The first-order valence-corrected chi connectivity index (χ1v) is 6.60. The smallest absolute Gasteiger partial charge is 0.224 e. The van der Waals surface area contributed by atoms with Crippen molar-refractivity contribution >= 4 is 33.3 Å². The third-order valence-electron chi connectivity index (χ3n) is 2.27. The molecular weight excluding hydrogens is 289 g/mol. The van der Waals surface area contributed by atoms with Gasteiger partial charge in [0.05, 0.1) is 4.47 Å². The second-order valence-electron chi connectivity index (χ2n) is 4.35. The molecule has 0 aromatic carbocycles. The van der Waals surface area contributed by atoms with E-state index >= 15 is 0 Å². The number of halogens is 2. The Labute approximate surface area is 110 Å². The van der Waals surface area contributed by atoms with Crippen molar-refractivity contribution in [1.82, 2.24) is 9.97 Å². The van der Waals surface area contributed by atoms with Gasteiger partial charge in [-0.25, -0.2) is 4.98 Å². The fraction of sp³-hybridized carbons (Fsp3) is 0.636. The largest absolute Gasteiger partial charge is 0.367 e. The normalized spacial score (nSPS) is 12.9. The molecule has 0 amide bonds. The Balaban J connectivity index is 2.55. The third kappa shape index (κ3) is 4.66. The standard InChI is InChI=1S/C11H17BrClN3/c1-7(2)4-5-8(3)15-10-9(12)6-14-11(13)16-10/h6-8H,4-5H2,1-3H3,(H,14,15,16). The van der Waals surface area contributed by atoms with Crippen LogP contribution in [-0.2, 0) is 0 Å². The highest BCUT2D eigenvalue weighted by molar-refractivity contribution is 9.10. The molecular formula is C11H17BrClN3. The molecule has 0 bridgehead atoms. The van der Waals surface area contributed by atoms with E-state index < -0.39 is 0 Å². The van der Waals surface area contributed by atoms with E-state index in [1.807, 2.05) is 0 Å². The van der Waals surface area contributed by atoms with Crippen LogP contribution < -0.4 is 5.32 Å². The van der Waals surface area contributed by atoms with Gasteiger partial charge >= 0.3 is 0 Å². The van der Waals surface area contributed by atoms with E-state index in [1.54, 1.807) is 6.20 Å². The molecule has 5 heteroatoms. The molecule has 90 valence electrons. The van der Waals surface area contributed by atoms with Crippen molar-refractivity contribution in [2.24, 2.45) is 5.92 Å². The first-order valence-electron chi connectivity index (χ1n) is 5.43. The second-order valence-corrected chi connectivity index (χ2v) is 5.54. The maximum Gasteiger partial charge on any atom is 0.224 e. The van der Waals surface area contributed by atoms with Gasteiger partial charge in [0.1, 0.15) is 5.82 Å². The lowest BCUT2D eigenvalue weighted by Gasteiger charge is -2.16. The van der Waals surface area contributed by atoms with Crippen LogP contribution in [0.15, 0.2) is 10.7 Å². The highest BCUT2D eigenvalue weighted by Crippen LogP contribution is 2.21. The Hall–Kier alpha value is -0.350. The topological polar surface area (TPSA) is 37.8 Å². The number of rotatable bonds is 5. The molecule has 0 radical (unpaired) electrons. The minimum Gasteiger partial charge on any atom is -0.367 e. The molecule has 3 nitrogen and oxygen atoms in total. The number of anilines is 1. The van der Waals surface area contributed by atoms with Crippen LogP contribution in [-0.4, -0.2) is 16.0 Å². The Morgan fingerprint density at radius 1 is 1.38 bits per heavy atom. The van der Waals surface area contributed by atoms with Gasteiger partial charge < -0.3 is 5.32 Å². The lowest BCUT2D eigenvalue weighted by Crippen LogP contribution is -2.17. The zero-order chi connectivity index (χ0) is 12.1. The Morgan fingerprint density at radius 2 is 2.06 bits per heavy atom. The molecule has 1 N–H and O–H groups in total. The number of hydrogen-bond acceptors (Lipinski definition) is 3. The maximum atomic E-state index is 5.74. The zero-order valence-corrected chi connectivity index (χ0v) is 12.1. The van der Waals surface area contributed by atoms with E-state index in [0.717, 1.165) is 22.6 Å². The quantitative estimate of drug-likeness (QED) is 0.831. The molecule has 16 heavy (non-hydrogen) atoms. The van der Waals surface area contributed by atoms with Crippen LogP contribution in [0.3, 0.4) is 0 Å². The van der Waals surface area contributed by atoms with Crippen LogP contribution in [0, 0.1) is 5.92 Å². The Kier molecular flexibility index (Phi) is 5.49. The summed E-state index contributed by atoms with van der Waals surface area (Å²) in [6.07, 6.45) is 3.98. The summed E-state index contributed by atoms with van der Waals surface area (Å²) >= 11 is 9.14. The van der Waals surface area contributed by atoms with Crippen molar-refractivity contribution in [3.05, 3.63) is 16.0 Å². The molecule has 1 unspecified atom stereocenters. The van der Waals surface area contributed by atoms with Crippen molar-refractivity contribution in [2.75, 3.05) is 5.32 Å². The fourth-order valence-corrected chi connectivity index (χ4v) is 1.77. The SMILES string of the molecule is CC(C)CCC(C)Nc1nc(Cl)ncc1Br. The van der Waals surface area contributed by atoms with Gasteiger partial charge in [-0.1, -0.05) is 13.8 Å². The minimum atomic E-state index is 0.266. The molecule has 0 spiro atoms. The first-order chi connectivity index (χ1) is 7.49. The van der Waals surface area contributed by atoms with E-state index in [-0.39, 0.29) is 5.28 Å². The van der Waals surface area contributed by atoms with Gasteiger partial charge in [0, 0.05) is 12.2 Å². The zero-order valence-electron chi connectivity index (χ0n) is 9.80. The van der Waals surface area contributed by atoms with E-state index in [2.05, 4.69) is 52.0 Å². The van der Waals surface area contributed by atoms with Crippen LogP contribution in [0.2, 0.25) is 5.28 Å². The summed E-state index contributed by atoms with van der Waals surface area (Å²) in [6.45, 7) is 6.60. The lowest BCUT2D eigenvalue weighted by atomic mass is 10.0. The van der Waals surface area contributed by atoms with Crippen LogP contribution in [0.5, 0.6) is 0 Å². The van der Waals surface area contributed by atoms with Crippen LogP contribution in [0.1, 0.15) is 33.6 Å². The predicted molar refractivity (Wildman–Crippen MR) is 71.9 cm³/mol. The summed E-state index contributed by atoms with van der Waals surface area (Å²) < 4.78 is 0.841. The summed E-state index contributed by atoms with van der Waals surface area (Å²) in [7, 11) is 0. The average molecular weight is 307 g/mol. The molecule has 1 aromatic rings. The average Bonchev–Trinajstić information content (AvgIpc) is 2.20. The Morgan fingerprint density at radius 3 is 2.69 bits per heavy atom. The van der Waals surface area contributed by atoms with Gasteiger partial charge in [-0.05, 0) is 53.2 Å². The van der Waals surface area contributed by atoms with E-state index in [4.69, 9.17) is 11.6 Å². The molecule has 0 saturated heterocycles. The van der Waals surface area contributed by atoms with Gasteiger partial charge in [-0.15, -0.1) is 0 Å². The fourth-order valence-electron chi connectivity index (χ4n) is 1.34. The molecule has 1 atom stereocenters. The van der Waals surface area contributed by atoms with Crippen LogP contribution in [0.25, 0.3) is 0 Å². The number of hydrogen-bond donors (Lipinski definition) is 1.